The van der Waals surface area contributed by atoms with Gasteiger partial charge in [-0.05, 0) is 42.7 Å². The van der Waals surface area contributed by atoms with Gasteiger partial charge in [0.05, 0.1) is 28.8 Å². The number of rotatable bonds is 5. The van der Waals surface area contributed by atoms with Crippen molar-refractivity contribution in [1.82, 2.24) is 20.2 Å². The third-order valence-electron chi connectivity index (χ3n) is 5.15. The average molecular weight is 413 g/mol. The second kappa shape index (κ2) is 7.52. The van der Waals surface area contributed by atoms with E-state index in [0.717, 1.165) is 29.5 Å². The van der Waals surface area contributed by atoms with Gasteiger partial charge in [-0.25, -0.2) is 0 Å². The Morgan fingerprint density at radius 1 is 0.968 bits per heavy atom. The van der Waals surface area contributed by atoms with Gasteiger partial charge in [0.15, 0.2) is 5.69 Å². The molecular weight excluding hydrogens is 394 g/mol. The number of benzene rings is 1. The fourth-order valence-electron chi connectivity index (χ4n) is 3.35. The summed E-state index contributed by atoms with van der Waals surface area (Å²) < 4.78 is 0. The van der Waals surface area contributed by atoms with Crippen molar-refractivity contribution in [3.63, 3.8) is 0 Å². The van der Waals surface area contributed by atoms with Crippen molar-refractivity contribution in [2.45, 2.75) is 12.8 Å². The number of pyridine rings is 2. The minimum Gasteiger partial charge on any atom is -0.397 e. The van der Waals surface area contributed by atoms with E-state index in [1.807, 2.05) is 24.3 Å². The van der Waals surface area contributed by atoms with Crippen LogP contribution in [0.5, 0.6) is 0 Å². The Morgan fingerprint density at radius 3 is 2.65 bits per heavy atom. The molecule has 1 aliphatic carbocycles. The lowest BCUT2D eigenvalue weighted by Gasteiger charge is -2.11. The number of carbonyl (C=O) groups excluding carboxylic acids is 2. The summed E-state index contributed by atoms with van der Waals surface area (Å²) in [5.41, 5.74) is 9.97. The highest BCUT2D eigenvalue weighted by molar-refractivity contribution is 6.13. The molecule has 1 aliphatic rings. The molecule has 0 atom stereocenters. The summed E-state index contributed by atoms with van der Waals surface area (Å²) in [6.07, 6.45) is 8.13. The van der Waals surface area contributed by atoms with Crippen molar-refractivity contribution in [1.29, 1.82) is 0 Å². The largest absolute Gasteiger partial charge is 0.397 e. The summed E-state index contributed by atoms with van der Waals surface area (Å²) in [5.74, 6) is -0.414. The number of hydrogen-bond donors (Lipinski definition) is 4. The third kappa shape index (κ3) is 3.80. The van der Waals surface area contributed by atoms with Crippen molar-refractivity contribution in [2.24, 2.45) is 5.92 Å². The SMILES string of the molecule is Nc1cncc(-c2ccc3[nH]nc(C(=O)Nc4cnccc4NC(=O)C4CC4)c3c2)c1. The van der Waals surface area contributed by atoms with E-state index in [9.17, 15) is 9.59 Å². The van der Waals surface area contributed by atoms with Crippen molar-refractivity contribution in [3.05, 3.63) is 60.8 Å². The molecule has 0 radical (unpaired) electrons. The molecule has 1 fully saturated rings. The number of hydrogen-bond acceptors (Lipinski definition) is 6. The number of aromatic amines is 1. The number of H-pyrrole nitrogens is 1. The summed E-state index contributed by atoms with van der Waals surface area (Å²) in [5, 5.41) is 13.4. The Bertz CT molecular complexity index is 1310. The molecule has 3 heterocycles. The molecule has 5 rings (SSSR count). The zero-order chi connectivity index (χ0) is 21.4. The van der Waals surface area contributed by atoms with Crippen LogP contribution in [-0.4, -0.2) is 32.0 Å². The van der Waals surface area contributed by atoms with Gasteiger partial charge in [-0.1, -0.05) is 6.07 Å². The number of nitrogens with one attached hydrogen (secondary N) is 3. The molecule has 0 saturated heterocycles. The van der Waals surface area contributed by atoms with Gasteiger partial charge in [-0.2, -0.15) is 5.10 Å². The zero-order valence-corrected chi connectivity index (χ0v) is 16.4. The number of anilines is 3. The van der Waals surface area contributed by atoms with Gasteiger partial charge < -0.3 is 16.4 Å². The molecule has 31 heavy (non-hydrogen) atoms. The highest BCUT2D eigenvalue weighted by Gasteiger charge is 2.30. The molecule has 0 unspecified atom stereocenters. The minimum absolute atomic E-state index is 0.0481. The molecule has 9 heteroatoms. The van der Waals surface area contributed by atoms with E-state index in [4.69, 9.17) is 5.73 Å². The Morgan fingerprint density at radius 2 is 1.84 bits per heavy atom. The summed E-state index contributed by atoms with van der Waals surface area (Å²) in [6, 6.07) is 9.10. The van der Waals surface area contributed by atoms with Gasteiger partial charge in [-0.15, -0.1) is 0 Å². The molecule has 0 aliphatic heterocycles. The van der Waals surface area contributed by atoms with Crippen LogP contribution in [0.15, 0.2) is 55.1 Å². The number of nitrogen functional groups attached to an aromatic ring is 1. The number of nitrogens with two attached hydrogens (primary N) is 1. The third-order valence-corrected chi connectivity index (χ3v) is 5.15. The monoisotopic (exact) mass is 413 g/mol. The fourth-order valence-corrected chi connectivity index (χ4v) is 3.35. The Labute approximate surface area is 177 Å². The molecular formula is C22H19N7O2. The molecule has 1 aromatic carbocycles. The lowest BCUT2D eigenvalue weighted by atomic mass is 10.0. The van der Waals surface area contributed by atoms with E-state index in [2.05, 4.69) is 30.8 Å². The van der Waals surface area contributed by atoms with Crippen LogP contribution >= 0.6 is 0 Å². The molecule has 2 amide bonds. The summed E-state index contributed by atoms with van der Waals surface area (Å²) in [4.78, 5) is 33.3. The van der Waals surface area contributed by atoms with Crippen LogP contribution in [0.4, 0.5) is 17.1 Å². The second-order valence-corrected chi connectivity index (χ2v) is 7.48. The van der Waals surface area contributed by atoms with Crippen LogP contribution in [0.3, 0.4) is 0 Å². The topological polar surface area (TPSA) is 139 Å². The first kappa shape index (κ1) is 18.7. The van der Waals surface area contributed by atoms with E-state index in [-0.39, 0.29) is 17.5 Å². The maximum Gasteiger partial charge on any atom is 0.276 e. The number of carbonyl (C=O) groups is 2. The van der Waals surface area contributed by atoms with Crippen LogP contribution in [0.25, 0.3) is 22.0 Å². The van der Waals surface area contributed by atoms with Gasteiger partial charge in [0.25, 0.3) is 5.91 Å². The Balaban J connectivity index is 1.44. The molecule has 154 valence electrons. The normalized spacial score (nSPS) is 13.2. The minimum atomic E-state index is -0.413. The maximum atomic E-state index is 13.0. The van der Waals surface area contributed by atoms with E-state index in [1.165, 1.54) is 6.20 Å². The van der Waals surface area contributed by atoms with Crippen LogP contribution in [0, 0.1) is 5.92 Å². The highest BCUT2D eigenvalue weighted by Crippen LogP contribution is 2.32. The quantitative estimate of drug-likeness (QED) is 0.396. The van der Waals surface area contributed by atoms with E-state index >= 15 is 0 Å². The number of amides is 2. The van der Waals surface area contributed by atoms with Gasteiger partial charge in [0.2, 0.25) is 5.91 Å². The summed E-state index contributed by atoms with van der Waals surface area (Å²) in [6.45, 7) is 0. The lowest BCUT2D eigenvalue weighted by Crippen LogP contribution is -2.18. The van der Waals surface area contributed by atoms with Gasteiger partial charge in [-0.3, -0.25) is 24.7 Å². The molecule has 5 N–H and O–H groups in total. The first-order valence-corrected chi connectivity index (χ1v) is 9.84. The maximum absolute atomic E-state index is 13.0. The van der Waals surface area contributed by atoms with E-state index in [0.29, 0.717) is 22.4 Å². The molecule has 0 bridgehead atoms. The molecule has 9 nitrogen and oxygen atoms in total. The van der Waals surface area contributed by atoms with Crippen molar-refractivity contribution < 1.29 is 9.59 Å². The highest BCUT2D eigenvalue weighted by atomic mass is 16.2. The van der Waals surface area contributed by atoms with Crippen molar-refractivity contribution >= 4 is 39.8 Å². The van der Waals surface area contributed by atoms with Gasteiger partial charge in [0.1, 0.15) is 0 Å². The molecule has 4 aromatic rings. The molecule has 3 aromatic heterocycles. The van der Waals surface area contributed by atoms with Crippen LogP contribution in [-0.2, 0) is 4.79 Å². The van der Waals surface area contributed by atoms with Gasteiger partial charge >= 0.3 is 0 Å². The van der Waals surface area contributed by atoms with Crippen LogP contribution in [0.1, 0.15) is 23.3 Å². The predicted molar refractivity (Wildman–Crippen MR) is 117 cm³/mol. The predicted octanol–water partition coefficient (Wildman–Crippen LogP) is 3.20. The second-order valence-electron chi connectivity index (χ2n) is 7.48. The Kier molecular flexibility index (Phi) is 4.55. The smallest absolute Gasteiger partial charge is 0.276 e. The zero-order valence-electron chi connectivity index (χ0n) is 16.4. The standard InChI is InChI=1S/C22H19N7O2/c23-15-7-14(9-25-10-15)13-3-4-17-16(8-13)20(29-28-17)22(31)27-19-11-24-6-5-18(19)26-21(30)12-1-2-12/h3-12H,1-2,23H2,(H,27,31)(H,28,29)(H,24,26,30). The van der Waals surface area contributed by atoms with E-state index in [1.54, 1.807) is 24.7 Å². The first-order valence-electron chi connectivity index (χ1n) is 9.84. The summed E-state index contributed by atoms with van der Waals surface area (Å²) >= 11 is 0. The van der Waals surface area contributed by atoms with Crippen molar-refractivity contribution in [3.8, 4) is 11.1 Å². The Hall–Kier alpha value is -4.27. The average Bonchev–Trinajstić information content (AvgIpc) is 3.54. The van der Waals surface area contributed by atoms with Gasteiger partial charge in [0, 0.05) is 35.5 Å². The number of nitrogens with zero attached hydrogens (tertiary/aromatic N) is 3. The number of aromatic nitrogens is 4. The molecule has 1 saturated carbocycles. The van der Waals surface area contributed by atoms with Crippen LogP contribution in [0.2, 0.25) is 0 Å². The van der Waals surface area contributed by atoms with Crippen LogP contribution < -0.4 is 16.4 Å². The first-order chi connectivity index (χ1) is 15.1. The fraction of sp³-hybridized carbons (Fsp3) is 0.136. The summed E-state index contributed by atoms with van der Waals surface area (Å²) in [7, 11) is 0. The lowest BCUT2D eigenvalue weighted by molar-refractivity contribution is -0.117. The number of fused-ring (bicyclic) bond motifs is 1. The van der Waals surface area contributed by atoms with Crippen molar-refractivity contribution in [2.75, 3.05) is 16.4 Å². The molecule has 0 spiro atoms. The van der Waals surface area contributed by atoms with E-state index < -0.39 is 5.91 Å².